The standard InChI is InChI=1S/C15H24N4O5/c20-4-6-24-5-3-16-15(23)10-7-12(13(21)8-10)18-14(22)9-11-1-2-17-19-11/h1-2,10,12-13,20-21H,3-9H2,(H,16,23)(H,17,19)(H,18,22)/t10-,12+,13+/m0/s1. The van der Waals surface area contributed by atoms with E-state index >= 15 is 0 Å². The van der Waals surface area contributed by atoms with Gasteiger partial charge in [0.25, 0.3) is 0 Å². The Morgan fingerprint density at radius 2 is 2.21 bits per heavy atom. The van der Waals surface area contributed by atoms with Crippen LogP contribution >= 0.6 is 0 Å². The molecule has 1 aliphatic carbocycles. The molecule has 1 heterocycles. The van der Waals surface area contributed by atoms with Gasteiger partial charge in [-0.3, -0.25) is 14.7 Å². The molecule has 134 valence electrons. The van der Waals surface area contributed by atoms with Crippen LogP contribution in [0.25, 0.3) is 0 Å². The van der Waals surface area contributed by atoms with Crippen molar-refractivity contribution in [2.24, 2.45) is 5.92 Å². The second-order valence-electron chi connectivity index (χ2n) is 5.80. The van der Waals surface area contributed by atoms with E-state index in [0.717, 1.165) is 0 Å². The van der Waals surface area contributed by atoms with Crippen molar-refractivity contribution >= 4 is 11.8 Å². The van der Waals surface area contributed by atoms with Crippen LogP contribution in [-0.2, 0) is 20.7 Å². The molecule has 1 fully saturated rings. The fourth-order valence-electron chi connectivity index (χ4n) is 2.76. The third kappa shape index (κ3) is 5.59. The zero-order valence-electron chi connectivity index (χ0n) is 13.4. The number of aromatic nitrogens is 2. The van der Waals surface area contributed by atoms with Gasteiger partial charge in [-0.2, -0.15) is 5.10 Å². The number of amides is 2. The quantitative estimate of drug-likeness (QED) is 0.341. The van der Waals surface area contributed by atoms with Crippen LogP contribution in [0.2, 0.25) is 0 Å². The van der Waals surface area contributed by atoms with Crippen LogP contribution in [0.3, 0.4) is 0 Å². The first kappa shape index (κ1) is 18.4. The van der Waals surface area contributed by atoms with E-state index in [4.69, 9.17) is 9.84 Å². The molecule has 1 aromatic rings. The maximum Gasteiger partial charge on any atom is 0.226 e. The molecule has 3 atom stereocenters. The Morgan fingerprint density at radius 1 is 1.38 bits per heavy atom. The number of aliphatic hydroxyl groups excluding tert-OH is 2. The fraction of sp³-hybridized carbons (Fsp3) is 0.667. The Hall–Kier alpha value is -1.97. The third-order valence-electron chi connectivity index (χ3n) is 3.94. The van der Waals surface area contributed by atoms with E-state index in [1.54, 1.807) is 12.3 Å². The molecule has 0 radical (unpaired) electrons. The first-order valence-corrected chi connectivity index (χ1v) is 8.02. The Labute approximate surface area is 139 Å². The summed E-state index contributed by atoms with van der Waals surface area (Å²) in [6, 6.07) is 1.28. The summed E-state index contributed by atoms with van der Waals surface area (Å²) in [6.07, 6.45) is 1.70. The largest absolute Gasteiger partial charge is 0.394 e. The van der Waals surface area contributed by atoms with Crippen molar-refractivity contribution in [2.75, 3.05) is 26.4 Å². The van der Waals surface area contributed by atoms with Gasteiger partial charge in [-0.05, 0) is 18.9 Å². The van der Waals surface area contributed by atoms with E-state index in [2.05, 4.69) is 20.8 Å². The van der Waals surface area contributed by atoms with E-state index in [9.17, 15) is 14.7 Å². The van der Waals surface area contributed by atoms with Gasteiger partial charge in [-0.25, -0.2) is 0 Å². The smallest absolute Gasteiger partial charge is 0.226 e. The number of ether oxygens (including phenoxy) is 1. The summed E-state index contributed by atoms with van der Waals surface area (Å²) < 4.78 is 5.06. The molecule has 1 saturated carbocycles. The summed E-state index contributed by atoms with van der Waals surface area (Å²) in [6.45, 7) is 0.860. The lowest BCUT2D eigenvalue weighted by Crippen LogP contribution is -2.41. The minimum atomic E-state index is -0.739. The number of nitrogens with one attached hydrogen (secondary N) is 3. The van der Waals surface area contributed by atoms with Crippen LogP contribution < -0.4 is 10.6 Å². The van der Waals surface area contributed by atoms with E-state index in [0.29, 0.717) is 31.7 Å². The molecule has 0 bridgehead atoms. The maximum absolute atomic E-state index is 12.1. The second-order valence-corrected chi connectivity index (χ2v) is 5.80. The number of carbonyl (C=O) groups is 2. The molecule has 9 heteroatoms. The molecule has 0 aromatic carbocycles. The highest BCUT2D eigenvalue weighted by Gasteiger charge is 2.37. The first-order valence-electron chi connectivity index (χ1n) is 8.02. The van der Waals surface area contributed by atoms with Crippen molar-refractivity contribution in [2.45, 2.75) is 31.4 Å². The number of nitrogens with zero attached hydrogens (tertiary/aromatic N) is 1. The lowest BCUT2D eigenvalue weighted by molar-refractivity contribution is -0.125. The van der Waals surface area contributed by atoms with Crippen molar-refractivity contribution in [3.8, 4) is 0 Å². The van der Waals surface area contributed by atoms with Gasteiger partial charge >= 0.3 is 0 Å². The highest BCUT2D eigenvalue weighted by atomic mass is 16.5. The van der Waals surface area contributed by atoms with Crippen molar-refractivity contribution in [1.29, 1.82) is 0 Å². The SMILES string of the molecule is O=C(Cc1ccn[nH]1)N[C@@H]1C[C@H](C(=O)NCCOCCO)C[C@H]1O. The number of carbonyl (C=O) groups excluding carboxylic acids is 2. The summed E-state index contributed by atoms with van der Waals surface area (Å²) >= 11 is 0. The van der Waals surface area contributed by atoms with Crippen LogP contribution in [0.1, 0.15) is 18.5 Å². The van der Waals surface area contributed by atoms with Crippen molar-refractivity contribution < 1.29 is 24.5 Å². The zero-order chi connectivity index (χ0) is 17.4. The van der Waals surface area contributed by atoms with E-state index in [1.165, 1.54) is 0 Å². The predicted octanol–water partition coefficient (Wildman–Crippen LogP) is -1.67. The van der Waals surface area contributed by atoms with E-state index in [1.807, 2.05) is 0 Å². The molecule has 0 saturated heterocycles. The zero-order valence-corrected chi connectivity index (χ0v) is 13.4. The Morgan fingerprint density at radius 3 is 2.92 bits per heavy atom. The lowest BCUT2D eigenvalue weighted by atomic mass is 10.1. The monoisotopic (exact) mass is 340 g/mol. The van der Waals surface area contributed by atoms with Crippen molar-refractivity contribution in [3.63, 3.8) is 0 Å². The summed E-state index contributed by atoms with van der Waals surface area (Å²) in [5.74, 6) is -0.718. The summed E-state index contributed by atoms with van der Waals surface area (Å²) in [5.41, 5.74) is 0.692. The van der Waals surface area contributed by atoms with Crippen LogP contribution in [0.5, 0.6) is 0 Å². The molecule has 5 N–H and O–H groups in total. The van der Waals surface area contributed by atoms with Crippen LogP contribution in [0, 0.1) is 5.92 Å². The minimum Gasteiger partial charge on any atom is -0.394 e. The lowest BCUT2D eigenvalue weighted by Gasteiger charge is -2.16. The number of aromatic amines is 1. The molecule has 0 unspecified atom stereocenters. The van der Waals surface area contributed by atoms with Gasteiger partial charge in [0.05, 0.1) is 38.4 Å². The Bertz CT molecular complexity index is 522. The second kappa shape index (κ2) is 9.36. The van der Waals surface area contributed by atoms with Crippen molar-refractivity contribution in [3.05, 3.63) is 18.0 Å². The molecule has 24 heavy (non-hydrogen) atoms. The predicted molar refractivity (Wildman–Crippen MR) is 83.9 cm³/mol. The number of H-pyrrole nitrogens is 1. The average Bonchev–Trinajstić information content (AvgIpc) is 3.17. The van der Waals surface area contributed by atoms with Gasteiger partial charge in [-0.1, -0.05) is 0 Å². The van der Waals surface area contributed by atoms with Gasteiger partial charge < -0.3 is 25.6 Å². The van der Waals surface area contributed by atoms with Crippen LogP contribution in [0.4, 0.5) is 0 Å². The molecule has 1 aromatic heterocycles. The molecular formula is C15H24N4O5. The molecule has 0 aliphatic heterocycles. The van der Waals surface area contributed by atoms with Crippen molar-refractivity contribution in [1.82, 2.24) is 20.8 Å². The topological polar surface area (TPSA) is 137 Å². The highest BCUT2D eigenvalue weighted by Crippen LogP contribution is 2.26. The van der Waals surface area contributed by atoms with Gasteiger partial charge in [-0.15, -0.1) is 0 Å². The third-order valence-corrected chi connectivity index (χ3v) is 3.94. The van der Waals surface area contributed by atoms with Gasteiger partial charge in [0, 0.05) is 24.4 Å². The summed E-state index contributed by atoms with van der Waals surface area (Å²) in [4.78, 5) is 24.0. The maximum atomic E-state index is 12.1. The molecule has 9 nitrogen and oxygen atoms in total. The number of hydrogen-bond donors (Lipinski definition) is 5. The van der Waals surface area contributed by atoms with E-state index < -0.39 is 12.1 Å². The van der Waals surface area contributed by atoms with Gasteiger partial charge in [0.15, 0.2) is 0 Å². The average molecular weight is 340 g/mol. The normalized spacial score (nSPS) is 23.2. The number of aliphatic hydroxyl groups is 2. The molecule has 0 spiro atoms. The molecule has 2 rings (SSSR count). The molecular weight excluding hydrogens is 316 g/mol. The van der Waals surface area contributed by atoms with Crippen LogP contribution in [-0.4, -0.2) is 70.7 Å². The first-order chi connectivity index (χ1) is 11.6. The molecule has 2 amide bonds. The summed E-state index contributed by atoms with van der Waals surface area (Å²) in [5, 5.41) is 30.6. The number of hydrogen-bond acceptors (Lipinski definition) is 6. The Kier molecular flexibility index (Phi) is 7.16. The fourth-order valence-corrected chi connectivity index (χ4v) is 2.76. The highest BCUT2D eigenvalue weighted by molar-refractivity contribution is 5.80. The summed E-state index contributed by atoms with van der Waals surface area (Å²) in [7, 11) is 0. The number of rotatable bonds is 9. The molecule has 1 aliphatic rings. The Balaban J connectivity index is 1.70. The van der Waals surface area contributed by atoms with Gasteiger partial charge in [0.2, 0.25) is 11.8 Å². The van der Waals surface area contributed by atoms with Crippen LogP contribution in [0.15, 0.2) is 12.3 Å². The van der Waals surface area contributed by atoms with E-state index in [-0.39, 0.29) is 37.4 Å². The van der Waals surface area contributed by atoms with Gasteiger partial charge in [0.1, 0.15) is 0 Å². The minimum absolute atomic E-state index is 0.0529.